The average Bonchev–Trinajstić information content (AvgIpc) is 2.91. The number of H-pyrrole nitrogens is 1. The van der Waals surface area contributed by atoms with Gasteiger partial charge in [0.05, 0.1) is 0 Å². The smallest absolute Gasteiger partial charge is 0.137 e. The van der Waals surface area contributed by atoms with Crippen LogP contribution in [0.1, 0.15) is 11.1 Å². The topological polar surface area (TPSA) is 28.7 Å². The Hall–Kier alpha value is -2.61. The van der Waals surface area contributed by atoms with E-state index in [9.17, 15) is 0 Å². The summed E-state index contributed by atoms with van der Waals surface area (Å²) in [5, 5.41) is 3.89. The van der Waals surface area contributed by atoms with E-state index in [1.54, 1.807) is 6.20 Å². The third kappa shape index (κ3) is 2.79. The number of aromatic nitrogens is 2. The zero-order valence-electron chi connectivity index (χ0n) is 12.3. The summed E-state index contributed by atoms with van der Waals surface area (Å²) < 4.78 is 0. The molecule has 0 unspecified atom stereocenters. The SMILES string of the molecule is Cc1c[nH]c2ncccc12.Cc1cccc2ccccc12. The van der Waals surface area contributed by atoms with Crippen LogP contribution in [0.2, 0.25) is 0 Å². The summed E-state index contributed by atoms with van der Waals surface area (Å²) in [6.07, 6.45) is 3.76. The first-order valence-electron chi connectivity index (χ1n) is 7.09. The molecule has 2 aromatic carbocycles. The number of hydrogen-bond acceptors (Lipinski definition) is 1. The first kappa shape index (κ1) is 13.4. The minimum Gasteiger partial charge on any atom is -0.346 e. The van der Waals surface area contributed by atoms with Gasteiger partial charge >= 0.3 is 0 Å². The Labute approximate surface area is 124 Å². The highest BCUT2D eigenvalue weighted by Gasteiger charge is 1.96. The number of fused-ring (bicyclic) bond motifs is 2. The lowest BCUT2D eigenvalue weighted by atomic mass is 10.1. The van der Waals surface area contributed by atoms with Crippen molar-refractivity contribution in [2.45, 2.75) is 13.8 Å². The molecule has 2 nitrogen and oxygen atoms in total. The van der Waals surface area contributed by atoms with Crippen molar-refractivity contribution in [1.29, 1.82) is 0 Å². The van der Waals surface area contributed by atoms with E-state index < -0.39 is 0 Å². The molecular formula is C19H18N2. The number of hydrogen-bond donors (Lipinski definition) is 1. The Balaban J connectivity index is 0.000000126. The molecule has 4 aromatic rings. The minimum atomic E-state index is 0.972. The molecule has 1 N–H and O–H groups in total. The van der Waals surface area contributed by atoms with Crippen LogP contribution >= 0.6 is 0 Å². The van der Waals surface area contributed by atoms with E-state index in [1.165, 1.54) is 27.3 Å². The van der Waals surface area contributed by atoms with Crippen molar-refractivity contribution in [3.05, 3.63) is 78.1 Å². The van der Waals surface area contributed by atoms with E-state index in [0.717, 1.165) is 5.65 Å². The predicted molar refractivity (Wildman–Crippen MR) is 89.5 cm³/mol. The number of nitrogens with one attached hydrogen (secondary N) is 1. The maximum Gasteiger partial charge on any atom is 0.137 e. The fourth-order valence-corrected chi connectivity index (χ4v) is 2.48. The van der Waals surface area contributed by atoms with Gasteiger partial charge in [-0.15, -0.1) is 0 Å². The van der Waals surface area contributed by atoms with Gasteiger partial charge in [-0.25, -0.2) is 4.98 Å². The number of aromatic amines is 1. The molecule has 0 aliphatic carbocycles. The molecular weight excluding hydrogens is 256 g/mol. The number of nitrogens with zero attached hydrogens (tertiary/aromatic N) is 1. The molecule has 4 rings (SSSR count). The van der Waals surface area contributed by atoms with Crippen molar-refractivity contribution in [1.82, 2.24) is 9.97 Å². The fraction of sp³-hybridized carbons (Fsp3) is 0.105. The van der Waals surface area contributed by atoms with Gasteiger partial charge in [0.1, 0.15) is 5.65 Å². The van der Waals surface area contributed by atoms with Crippen molar-refractivity contribution in [2.24, 2.45) is 0 Å². The number of pyridine rings is 1. The first-order valence-corrected chi connectivity index (χ1v) is 7.09. The third-order valence-corrected chi connectivity index (χ3v) is 3.67. The van der Waals surface area contributed by atoms with Crippen molar-refractivity contribution in [3.8, 4) is 0 Å². The molecule has 0 bridgehead atoms. The van der Waals surface area contributed by atoms with E-state index in [2.05, 4.69) is 72.3 Å². The van der Waals surface area contributed by atoms with Gasteiger partial charge in [0.25, 0.3) is 0 Å². The lowest BCUT2D eigenvalue weighted by Gasteiger charge is -1.98. The van der Waals surface area contributed by atoms with E-state index in [4.69, 9.17) is 0 Å². The quantitative estimate of drug-likeness (QED) is 0.479. The Morgan fingerprint density at radius 3 is 2.33 bits per heavy atom. The van der Waals surface area contributed by atoms with Gasteiger partial charge in [-0.3, -0.25) is 0 Å². The monoisotopic (exact) mass is 274 g/mol. The molecule has 2 aromatic heterocycles. The summed E-state index contributed by atoms with van der Waals surface area (Å²) >= 11 is 0. The zero-order valence-corrected chi connectivity index (χ0v) is 12.3. The molecule has 2 heteroatoms. The average molecular weight is 274 g/mol. The first-order chi connectivity index (χ1) is 10.3. The van der Waals surface area contributed by atoms with Gasteiger partial charge in [0, 0.05) is 17.8 Å². The van der Waals surface area contributed by atoms with E-state index in [0.29, 0.717) is 0 Å². The molecule has 0 fully saturated rings. The molecule has 2 heterocycles. The Bertz CT molecular complexity index is 869. The van der Waals surface area contributed by atoms with Gasteiger partial charge in [-0.1, -0.05) is 42.5 Å². The van der Waals surface area contributed by atoms with Crippen LogP contribution in [-0.4, -0.2) is 9.97 Å². The van der Waals surface area contributed by atoms with Gasteiger partial charge in [0.15, 0.2) is 0 Å². The van der Waals surface area contributed by atoms with Crippen LogP contribution in [0.4, 0.5) is 0 Å². The third-order valence-electron chi connectivity index (χ3n) is 3.67. The minimum absolute atomic E-state index is 0.972. The zero-order chi connectivity index (χ0) is 14.7. The Morgan fingerprint density at radius 2 is 1.52 bits per heavy atom. The Kier molecular flexibility index (Phi) is 3.69. The molecule has 0 saturated carbocycles. The standard InChI is InChI=1S/C11H10.C8H8N2/c1-9-5-4-7-10-6-2-3-8-11(9)10;1-6-5-10-8-7(6)3-2-4-9-8/h2-8H,1H3;2-5H,1H3,(H,9,10). The molecule has 0 atom stereocenters. The molecule has 0 saturated heterocycles. The van der Waals surface area contributed by atoms with E-state index >= 15 is 0 Å². The second-order valence-electron chi connectivity index (χ2n) is 5.17. The Morgan fingerprint density at radius 1 is 0.762 bits per heavy atom. The summed E-state index contributed by atoms with van der Waals surface area (Å²) in [5.41, 5.74) is 3.58. The lowest BCUT2D eigenvalue weighted by molar-refractivity contribution is 1.32. The van der Waals surface area contributed by atoms with E-state index in [-0.39, 0.29) is 0 Å². The van der Waals surface area contributed by atoms with Gasteiger partial charge in [-0.2, -0.15) is 0 Å². The highest BCUT2D eigenvalue weighted by atomic mass is 14.8. The van der Waals surface area contributed by atoms with Crippen molar-refractivity contribution in [3.63, 3.8) is 0 Å². The van der Waals surface area contributed by atoms with Crippen molar-refractivity contribution in [2.75, 3.05) is 0 Å². The molecule has 0 spiro atoms. The van der Waals surface area contributed by atoms with Crippen molar-refractivity contribution < 1.29 is 0 Å². The number of benzene rings is 2. The highest BCUT2D eigenvalue weighted by molar-refractivity contribution is 5.85. The van der Waals surface area contributed by atoms with Crippen molar-refractivity contribution >= 4 is 21.8 Å². The molecule has 21 heavy (non-hydrogen) atoms. The van der Waals surface area contributed by atoms with Crippen LogP contribution in [-0.2, 0) is 0 Å². The second-order valence-corrected chi connectivity index (χ2v) is 5.17. The van der Waals surface area contributed by atoms with Gasteiger partial charge in [0.2, 0.25) is 0 Å². The molecule has 0 radical (unpaired) electrons. The normalized spacial score (nSPS) is 10.4. The number of aryl methyl sites for hydroxylation is 2. The van der Waals surface area contributed by atoms with Crippen LogP contribution in [0.5, 0.6) is 0 Å². The maximum atomic E-state index is 4.15. The summed E-state index contributed by atoms with van der Waals surface area (Å²) in [4.78, 5) is 7.22. The maximum absolute atomic E-state index is 4.15. The second kappa shape index (κ2) is 5.80. The van der Waals surface area contributed by atoms with E-state index in [1.807, 2.05) is 12.3 Å². The highest BCUT2D eigenvalue weighted by Crippen LogP contribution is 2.16. The van der Waals surface area contributed by atoms with Crippen LogP contribution in [0.25, 0.3) is 21.8 Å². The largest absolute Gasteiger partial charge is 0.346 e. The van der Waals surface area contributed by atoms with Crippen LogP contribution in [0.15, 0.2) is 67.0 Å². The van der Waals surface area contributed by atoms with Gasteiger partial charge in [-0.05, 0) is 47.9 Å². The van der Waals surface area contributed by atoms with Crippen LogP contribution < -0.4 is 0 Å². The summed E-state index contributed by atoms with van der Waals surface area (Å²) in [7, 11) is 0. The molecule has 0 aliphatic rings. The van der Waals surface area contributed by atoms with Gasteiger partial charge < -0.3 is 4.98 Å². The van der Waals surface area contributed by atoms with Crippen LogP contribution in [0.3, 0.4) is 0 Å². The summed E-state index contributed by atoms with van der Waals surface area (Å²) in [6, 6.07) is 18.8. The number of rotatable bonds is 0. The summed E-state index contributed by atoms with van der Waals surface area (Å²) in [5.74, 6) is 0. The summed E-state index contributed by atoms with van der Waals surface area (Å²) in [6.45, 7) is 4.21. The molecule has 0 amide bonds. The molecule has 104 valence electrons. The van der Waals surface area contributed by atoms with Crippen LogP contribution in [0, 0.1) is 13.8 Å². The lowest BCUT2D eigenvalue weighted by Crippen LogP contribution is -1.75. The predicted octanol–water partition coefficient (Wildman–Crippen LogP) is 5.02. The molecule has 0 aliphatic heterocycles. The fourth-order valence-electron chi connectivity index (χ4n) is 2.48.